The molecular formula is C14H18NO4-. The summed E-state index contributed by atoms with van der Waals surface area (Å²) in [4.78, 5) is 21.6. The van der Waals surface area contributed by atoms with Crippen molar-refractivity contribution in [2.45, 2.75) is 32.7 Å². The van der Waals surface area contributed by atoms with Gasteiger partial charge in [-0.25, -0.2) is 0 Å². The SMILES string of the molecule is CCCOc1cccc(CNC(=O)CCC(=O)[O-])c1. The van der Waals surface area contributed by atoms with Gasteiger partial charge in [-0.05, 0) is 30.5 Å². The van der Waals surface area contributed by atoms with Crippen LogP contribution in [0, 0.1) is 0 Å². The van der Waals surface area contributed by atoms with E-state index < -0.39 is 5.97 Å². The fourth-order valence-electron chi connectivity index (χ4n) is 1.47. The number of carbonyl (C=O) groups excluding carboxylic acids is 2. The first-order valence-corrected chi connectivity index (χ1v) is 6.30. The highest BCUT2D eigenvalue weighted by atomic mass is 16.5. The molecule has 0 aliphatic carbocycles. The first-order chi connectivity index (χ1) is 9.11. The number of rotatable bonds is 8. The molecule has 0 atom stereocenters. The van der Waals surface area contributed by atoms with Crippen LogP contribution in [0.25, 0.3) is 0 Å². The Morgan fingerprint density at radius 1 is 1.32 bits per heavy atom. The number of carboxylic acids is 1. The molecular weight excluding hydrogens is 246 g/mol. The molecule has 1 amide bonds. The van der Waals surface area contributed by atoms with Crippen LogP contribution in [0.2, 0.25) is 0 Å². The molecule has 1 N–H and O–H groups in total. The lowest BCUT2D eigenvalue weighted by molar-refractivity contribution is -0.305. The topological polar surface area (TPSA) is 78.5 Å². The van der Waals surface area contributed by atoms with Crippen molar-refractivity contribution < 1.29 is 19.4 Å². The van der Waals surface area contributed by atoms with Crippen LogP contribution >= 0.6 is 0 Å². The van der Waals surface area contributed by atoms with E-state index in [0.29, 0.717) is 13.2 Å². The van der Waals surface area contributed by atoms with Crippen LogP contribution in [0.4, 0.5) is 0 Å². The Hall–Kier alpha value is -2.04. The van der Waals surface area contributed by atoms with Gasteiger partial charge >= 0.3 is 0 Å². The van der Waals surface area contributed by atoms with E-state index in [1.54, 1.807) is 0 Å². The summed E-state index contributed by atoms with van der Waals surface area (Å²) < 4.78 is 5.48. The predicted octanol–water partition coefficient (Wildman–Crippen LogP) is 0.622. The average molecular weight is 264 g/mol. The van der Waals surface area contributed by atoms with Crippen molar-refractivity contribution in [2.24, 2.45) is 0 Å². The van der Waals surface area contributed by atoms with Crippen LogP contribution in [0.15, 0.2) is 24.3 Å². The standard InChI is InChI=1S/C14H19NO4/c1-2-8-19-12-5-3-4-11(9-12)10-15-13(16)6-7-14(17)18/h3-5,9H,2,6-8,10H2,1H3,(H,15,16)(H,17,18)/p-1. The number of benzene rings is 1. The van der Waals surface area contributed by atoms with E-state index in [4.69, 9.17) is 4.74 Å². The summed E-state index contributed by atoms with van der Waals surface area (Å²) in [6, 6.07) is 7.44. The van der Waals surface area contributed by atoms with E-state index in [1.807, 2.05) is 31.2 Å². The molecule has 1 aromatic carbocycles. The highest BCUT2D eigenvalue weighted by molar-refractivity contribution is 5.79. The second-order valence-electron chi connectivity index (χ2n) is 4.14. The maximum Gasteiger partial charge on any atom is 0.220 e. The van der Waals surface area contributed by atoms with Crippen molar-refractivity contribution in [3.05, 3.63) is 29.8 Å². The van der Waals surface area contributed by atoms with Gasteiger partial charge in [0, 0.05) is 18.9 Å². The van der Waals surface area contributed by atoms with E-state index >= 15 is 0 Å². The lowest BCUT2D eigenvalue weighted by Gasteiger charge is -2.08. The molecule has 0 saturated carbocycles. The molecule has 0 radical (unpaired) electrons. The van der Waals surface area contributed by atoms with E-state index in [-0.39, 0.29) is 18.7 Å². The number of carbonyl (C=O) groups is 2. The number of hydrogen-bond donors (Lipinski definition) is 1. The molecule has 0 saturated heterocycles. The average Bonchev–Trinajstić information content (AvgIpc) is 2.41. The molecule has 0 heterocycles. The Balaban J connectivity index is 2.39. The van der Waals surface area contributed by atoms with Crippen molar-refractivity contribution in [3.8, 4) is 5.75 Å². The number of amides is 1. The van der Waals surface area contributed by atoms with Crippen LogP contribution in [0.5, 0.6) is 5.75 Å². The van der Waals surface area contributed by atoms with Gasteiger partial charge in [0.05, 0.1) is 6.61 Å². The van der Waals surface area contributed by atoms with Crippen molar-refractivity contribution in [1.82, 2.24) is 5.32 Å². The van der Waals surface area contributed by atoms with Crippen LogP contribution in [-0.2, 0) is 16.1 Å². The van der Waals surface area contributed by atoms with Gasteiger partial charge in [0.15, 0.2) is 0 Å². The van der Waals surface area contributed by atoms with Crippen molar-refractivity contribution in [3.63, 3.8) is 0 Å². The van der Waals surface area contributed by atoms with Gasteiger partial charge in [0.2, 0.25) is 5.91 Å². The van der Waals surface area contributed by atoms with Crippen molar-refractivity contribution in [2.75, 3.05) is 6.61 Å². The number of ether oxygens (including phenoxy) is 1. The summed E-state index contributed by atoms with van der Waals surface area (Å²) in [6.07, 6.45) is 0.615. The Morgan fingerprint density at radius 2 is 2.11 bits per heavy atom. The summed E-state index contributed by atoms with van der Waals surface area (Å²) in [6.45, 7) is 3.04. The predicted molar refractivity (Wildman–Crippen MR) is 68.3 cm³/mol. The van der Waals surface area contributed by atoms with Crippen LogP contribution in [0.3, 0.4) is 0 Å². The maximum atomic E-state index is 11.3. The molecule has 5 nitrogen and oxygen atoms in total. The zero-order chi connectivity index (χ0) is 14.1. The van der Waals surface area contributed by atoms with Crippen LogP contribution in [-0.4, -0.2) is 18.5 Å². The molecule has 0 unspecified atom stereocenters. The highest BCUT2D eigenvalue weighted by Crippen LogP contribution is 2.13. The summed E-state index contributed by atoms with van der Waals surface area (Å²) in [5.74, 6) is -0.752. The summed E-state index contributed by atoms with van der Waals surface area (Å²) >= 11 is 0. The third-order valence-electron chi connectivity index (χ3n) is 2.42. The summed E-state index contributed by atoms with van der Waals surface area (Å²) in [5, 5.41) is 12.9. The molecule has 5 heteroatoms. The Kier molecular flexibility index (Phi) is 6.43. The lowest BCUT2D eigenvalue weighted by atomic mass is 10.2. The van der Waals surface area contributed by atoms with E-state index in [2.05, 4.69) is 5.32 Å². The minimum absolute atomic E-state index is 0.0612. The Morgan fingerprint density at radius 3 is 2.79 bits per heavy atom. The lowest BCUT2D eigenvalue weighted by Crippen LogP contribution is -2.27. The van der Waals surface area contributed by atoms with Gasteiger partial charge in [-0.3, -0.25) is 4.79 Å². The van der Waals surface area contributed by atoms with Gasteiger partial charge in [0.25, 0.3) is 0 Å². The van der Waals surface area contributed by atoms with Crippen molar-refractivity contribution >= 4 is 11.9 Å². The zero-order valence-electron chi connectivity index (χ0n) is 11.0. The van der Waals surface area contributed by atoms with Crippen molar-refractivity contribution in [1.29, 1.82) is 0 Å². The monoisotopic (exact) mass is 264 g/mol. The number of aliphatic carboxylic acids is 1. The number of carboxylic acid groups (broad SMARTS) is 1. The normalized spacial score (nSPS) is 9.95. The fraction of sp³-hybridized carbons (Fsp3) is 0.429. The van der Waals surface area contributed by atoms with Crippen LogP contribution in [0.1, 0.15) is 31.7 Å². The molecule has 19 heavy (non-hydrogen) atoms. The van der Waals surface area contributed by atoms with Gasteiger partial charge in [0.1, 0.15) is 5.75 Å². The third-order valence-corrected chi connectivity index (χ3v) is 2.42. The van der Waals surface area contributed by atoms with E-state index in [9.17, 15) is 14.7 Å². The molecule has 0 aliphatic heterocycles. The largest absolute Gasteiger partial charge is 0.550 e. The number of hydrogen-bond acceptors (Lipinski definition) is 4. The van der Waals surface area contributed by atoms with Gasteiger partial charge in [-0.2, -0.15) is 0 Å². The molecule has 104 valence electrons. The van der Waals surface area contributed by atoms with Gasteiger partial charge < -0.3 is 20.0 Å². The van der Waals surface area contributed by atoms with Gasteiger partial charge in [-0.1, -0.05) is 19.1 Å². The Bertz CT molecular complexity index is 431. The second kappa shape index (κ2) is 8.13. The first-order valence-electron chi connectivity index (χ1n) is 6.30. The minimum atomic E-state index is -1.22. The molecule has 0 fully saturated rings. The highest BCUT2D eigenvalue weighted by Gasteiger charge is 2.02. The molecule has 0 aromatic heterocycles. The fourth-order valence-corrected chi connectivity index (χ4v) is 1.47. The zero-order valence-corrected chi connectivity index (χ0v) is 11.0. The smallest absolute Gasteiger partial charge is 0.220 e. The van der Waals surface area contributed by atoms with Crippen LogP contribution < -0.4 is 15.2 Å². The third kappa shape index (κ3) is 6.45. The maximum absolute atomic E-state index is 11.3. The van der Waals surface area contributed by atoms with E-state index in [1.165, 1.54) is 0 Å². The summed E-state index contributed by atoms with van der Waals surface area (Å²) in [5.41, 5.74) is 0.912. The summed E-state index contributed by atoms with van der Waals surface area (Å²) in [7, 11) is 0. The first kappa shape index (κ1) is 15.0. The number of nitrogens with one attached hydrogen (secondary N) is 1. The molecule has 0 aliphatic rings. The molecule has 0 bridgehead atoms. The molecule has 1 rings (SSSR count). The second-order valence-corrected chi connectivity index (χ2v) is 4.14. The quantitative estimate of drug-likeness (QED) is 0.746. The van der Waals surface area contributed by atoms with Gasteiger partial charge in [-0.15, -0.1) is 0 Å². The minimum Gasteiger partial charge on any atom is -0.550 e. The molecule has 0 spiro atoms. The molecule has 1 aromatic rings. The van der Waals surface area contributed by atoms with E-state index in [0.717, 1.165) is 17.7 Å². The Labute approximate surface area is 112 Å².